The van der Waals surface area contributed by atoms with E-state index >= 15 is 0 Å². The van der Waals surface area contributed by atoms with E-state index in [1.807, 2.05) is 0 Å². The molecule has 39 heavy (non-hydrogen) atoms. The summed E-state index contributed by atoms with van der Waals surface area (Å²) >= 11 is -0.225. The molecule has 0 fully saturated rings. The summed E-state index contributed by atoms with van der Waals surface area (Å²) in [6, 6.07) is 33.7. The van der Waals surface area contributed by atoms with E-state index in [1.165, 1.54) is 64.7 Å². The van der Waals surface area contributed by atoms with Crippen LogP contribution in [0.2, 0.25) is 29.6 Å². The van der Waals surface area contributed by atoms with Gasteiger partial charge in [-0.1, -0.05) is 0 Å². The van der Waals surface area contributed by atoms with Crippen LogP contribution in [0.15, 0.2) is 84.9 Å². The van der Waals surface area contributed by atoms with Crippen LogP contribution in [0.25, 0.3) is 42.4 Å². The molecule has 4 aromatic carbocycles. The Balaban J connectivity index is 1.51. The van der Waals surface area contributed by atoms with Crippen LogP contribution in [0, 0.1) is 0 Å². The molecule has 2 aliphatic rings. The van der Waals surface area contributed by atoms with Crippen molar-refractivity contribution in [1.29, 1.82) is 0 Å². The van der Waals surface area contributed by atoms with Crippen molar-refractivity contribution in [2.75, 3.05) is 0 Å². The minimum atomic E-state index is -2.18. The SMILES string of the molecule is [CH3][Sn]([CH3])([CH3])[c]1cc2cc3c(cc2s1)C1(c2ccccc2-3)c2ccccc2-c2cc3c[c]([Sn]([CH3])([CH3])[CH3])sc3cc21. The van der Waals surface area contributed by atoms with Gasteiger partial charge in [0.2, 0.25) is 0 Å². The van der Waals surface area contributed by atoms with Crippen molar-refractivity contribution in [2.24, 2.45) is 0 Å². The van der Waals surface area contributed by atoms with Gasteiger partial charge in [0.05, 0.1) is 0 Å². The van der Waals surface area contributed by atoms with Crippen molar-refractivity contribution in [2.45, 2.75) is 35.1 Å². The molecule has 6 aromatic rings. The van der Waals surface area contributed by atoms with Crippen molar-refractivity contribution in [3.63, 3.8) is 0 Å². The average Bonchev–Trinajstić information content (AvgIpc) is 3.63. The van der Waals surface area contributed by atoms with Crippen molar-refractivity contribution in [3.8, 4) is 22.3 Å². The molecule has 0 N–H and O–H groups in total. The van der Waals surface area contributed by atoms with Crippen LogP contribution < -0.4 is 5.79 Å². The fourth-order valence-corrected chi connectivity index (χ4v) is 19.7. The van der Waals surface area contributed by atoms with Gasteiger partial charge in [0, 0.05) is 0 Å². The van der Waals surface area contributed by atoms with Crippen molar-refractivity contribution < 1.29 is 0 Å². The molecule has 8 rings (SSSR count). The van der Waals surface area contributed by atoms with Crippen LogP contribution in [0.3, 0.4) is 0 Å². The van der Waals surface area contributed by atoms with Gasteiger partial charge in [-0.05, 0) is 0 Å². The second-order valence-electron chi connectivity index (χ2n) is 13.4. The van der Waals surface area contributed by atoms with Crippen molar-refractivity contribution >= 4 is 85.4 Å². The van der Waals surface area contributed by atoms with Crippen LogP contribution >= 0.6 is 22.7 Å². The number of thiophene rings is 2. The molecule has 0 saturated heterocycles. The first-order chi connectivity index (χ1) is 18.6. The van der Waals surface area contributed by atoms with Gasteiger partial charge in [-0.3, -0.25) is 0 Å². The Hall–Kier alpha value is -1.60. The van der Waals surface area contributed by atoms with E-state index < -0.39 is 36.8 Å². The van der Waals surface area contributed by atoms with Gasteiger partial charge in [-0.15, -0.1) is 0 Å². The molecule has 0 amide bonds. The summed E-state index contributed by atoms with van der Waals surface area (Å²) in [4.78, 5) is 15.2. The van der Waals surface area contributed by atoms with Gasteiger partial charge >= 0.3 is 250 Å². The molecule has 192 valence electrons. The van der Waals surface area contributed by atoms with Gasteiger partial charge in [0.25, 0.3) is 0 Å². The zero-order chi connectivity index (χ0) is 26.9. The third kappa shape index (κ3) is 3.41. The Morgan fingerprint density at radius 1 is 0.462 bits per heavy atom. The fraction of sp³-hybridized carbons (Fsp3) is 0.200. The average molecular weight is 754 g/mol. The van der Waals surface area contributed by atoms with Crippen LogP contribution in [0.1, 0.15) is 22.3 Å². The second-order valence-corrected chi connectivity index (χ2v) is 46.4. The Labute approximate surface area is 247 Å². The number of hydrogen-bond donors (Lipinski definition) is 0. The molecular formula is C35H32S2Sn2. The topological polar surface area (TPSA) is 0 Å². The molecule has 0 saturated carbocycles. The molecule has 2 heterocycles. The van der Waals surface area contributed by atoms with Gasteiger partial charge < -0.3 is 0 Å². The summed E-state index contributed by atoms with van der Waals surface area (Å²) in [5.74, 6) is 0. The Morgan fingerprint density at radius 3 is 1.28 bits per heavy atom. The van der Waals surface area contributed by atoms with Crippen LogP contribution in [0.5, 0.6) is 0 Å². The first-order valence-electron chi connectivity index (χ1n) is 13.9. The molecule has 0 atom stereocenters. The van der Waals surface area contributed by atoms with Crippen LogP contribution in [-0.4, -0.2) is 36.8 Å². The number of fused-ring (bicyclic) bond motifs is 12. The summed E-state index contributed by atoms with van der Waals surface area (Å²) in [7, 11) is 0. The Bertz CT molecular complexity index is 1850. The maximum absolute atomic E-state index is 2.58. The predicted molar refractivity (Wildman–Crippen MR) is 179 cm³/mol. The van der Waals surface area contributed by atoms with Gasteiger partial charge in [-0.25, -0.2) is 0 Å². The third-order valence-electron chi connectivity index (χ3n) is 8.84. The first-order valence-corrected chi connectivity index (χ1v) is 35.5. The van der Waals surface area contributed by atoms with E-state index in [0.717, 1.165) is 0 Å². The first kappa shape index (κ1) is 25.1. The molecule has 0 bridgehead atoms. The van der Waals surface area contributed by atoms with Crippen molar-refractivity contribution in [1.82, 2.24) is 0 Å². The quantitative estimate of drug-likeness (QED) is 0.154. The van der Waals surface area contributed by atoms with E-state index in [9.17, 15) is 0 Å². The second kappa shape index (κ2) is 8.24. The fourth-order valence-electron chi connectivity index (χ4n) is 6.94. The Kier molecular flexibility index (Phi) is 5.31. The van der Waals surface area contributed by atoms with E-state index in [2.05, 4.69) is 137 Å². The van der Waals surface area contributed by atoms with E-state index in [4.69, 9.17) is 0 Å². The molecule has 2 aromatic heterocycles. The molecular weight excluding hydrogens is 722 g/mol. The minimum absolute atomic E-state index is 0.259. The van der Waals surface area contributed by atoms with Gasteiger partial charge in [0.1, 0.15) is 0 Å². The van der Waals surface area contributed by atoms with E-state index in [1.54, 1.807) is 5.79 Å². The van der Waals surface area contributed by atoms with Crippen LogP contribution in [-0.2, 0) is 5.41 Å². The summed E-state index contributed by atoms with van der Waals surface area (Å²) in [6.07, 6.45) is 0. The summed E-state index contributed by atoms with van der Waals surface area (Å²) in [5, 5.41) is 2.85. The summed E-state index contributed by atoms with van der Waals surface area (Å²) < 4.78 is 6.24. The predicted octanol–water partition coefficient (Wildman–Crippen LogP) is 9.55. The molecule has 1 spiro atoms. The maximum atomic E-state index is 2.58. The third-order valence-corrected chi connectivity index (χ3v) is 29.9. The summed E-state index contributed by atoms with van der Waals surface area (Å²) in [6.45, 7) is 0. The molecule has 0 unspecified atom stereocenters. The van der Waals surface area contributed by atoms with E-state index in [0.29, 0.717) is 0 Å². The standard InChI is InChI=1S/C29H14S2.6CH3.2Sn/c1-3-7-23-19(5-1)21-13-17-9-11-30-27(17)15-25(21)29(23)24-8-4-2-6-20(24)22-14-18-10-12-31-28(18)16-26(22)29;;;;;;;;/h1-10,13-16H;6*1H3;;. The Morgan fingerprint density at radius 2 is 0.872 bits per heavy atom. The monoisotopic (exact) mass is 756 g/mol. The van der Waals surface area contributed by atoms with Gasteiger partial charge in [0.15, 0.2) is 0 Å². The molecule has 0 aliphatic heterocycles. The van der Waals surface area contributed by atoms with Gasteiger partial charge in [-0.2, -0.15) is 0 Å². The molecule has 0 nitrogen and oxygen atoms in total. The molecule has 4 heteroatoms. The van der Waals surface area contributed by atoms with E-state index in [-0.39, 0.29) is 5.41 Å². The zero-order valence-corrected chi connectivity index (χ0v) is 30.7. The number of benzene rings is 4. The molecule has 2 aliphatic carbocycles. The molecule has 0 radical (unpaired) electrons. The number of rotatable bonds is 2. The number of hydrogen-bond acceptors (Lipinski definition) is 2. The normalized spacial score (nSPS) is 15.1. The summed E-state index contributed by atoms with van der Waals surface area (Å²) in [5.41, 5.74) is 11.3. The van der Waals surface area contributed by atoms with Crippen LogP contribution in [0.4, 0.5) is 0 Å². The van der Waals surface area contributed by atoms with Crippen molar-refractivity contribution in [3.05, 3.63) is 107 Å². The zero-order valence-electron chi connectivity index (χ0n) is 23.4.